The first-order valence-electron chi connectivity index (χ1n) is 8.69. The van der Waals surface area contributed by atoms with Crippen molar-refractivity contribution in [3.05, 3.63) is 64.9 Å². The molecule has 2 atom stereocenters. The van der Waals surface area contributed by atoms with Crippen LogP contribution in [-0.2, 0) is 10.3 Å². The minimum absolute atomic E-state index is 0.0278. The van der Waals surface area contributed by atoms with E-state index in [1.54, 1.807) is 24.5 Å². The summed E-state index contributed by atoms with van der Waals surface area (Å²) in [5, 5.41) is 12.3. The van der Waals surface area contributed by atoms with Gasteiger partial charge < -0.3 is 4.84 Å². The van der Waals surface area contributed by atoms with Crippen molar-refractivity contribution in [1.82, 2.24) is 10.0 Å². The Kier molecular flexibility index (Phi) is 4.39. The fourth-order valence-electron chi connectivity index (χ4n) is 4.15. The SMILES string of the molecule is N#CC1(c2cncc(Cl)c2)CC2CCC(C1)N2OC(=O)c1ccccc1. The van der Waals surface area contributed by atoms with E-state index in [9.17, 15) is 10.1 Å². The highest BCUT2D eigenvalue weighted by Gasteiger charge is 2.51. The van der Waals surface area contributed by atoms with Gasteiger partial charge in [-0.15, -0.1) is 5.06 Å². The Morgan fingerprint density at radius 1 is 1.23 bits per heavy atom. The molecule has 1 aromatic carbocycles. The summed E-state index contributed by atoms with van der Waals surface area (Å²) in [6.07, 6.45) is 6.31. The Hall–Kier alpha value is -2.42. The Morgan fingerprint density at radius 3 is 2.54 bits per heavy atom. The number of carbonyl (C=O) groups excluding carboxylic acids is 1. The molecular formula is C20H18ClN3O2. The second-order valence-electron chi connectivity index (χ2n) is 6.98. The summed E-state index contributed by atoms with van der Waals surface area (Å²) >= 11 is 6.09. The van der Waals surface area contributed by atoms with Crippen LogP contribution in [0.5, 0.6) is 0 Å². The summed E-state index contributed by atoms with van der Waals surface area (Å²) in [5.74, 6) is -0.351. The lowest BCUT2D eigenvalue weighted by molar-refractivity contribution is -0.164. The number of nitrogens with zero attached hydrogens (tertiary/aromatic N) is 3. The van der Waals surface area contributed by atoms with Gasteiger partial charge in [-0.05, 0) is 49.4 Å². The maximum Gasteiger partial charge on any atom is 0.357 e. The molecule has 0 aliphatic carbocycles. The number of carbonyl (C=O) groups is 1. The third kappa shape index (κ3) is 2.96. The number of halogens is 1. The Labute approximate surface area is 157 Å². The number of hydroxylamine groups is 2. The van der Waals surface area contributed by atoms with Crippen LogP contribution in [0.25, 0.3) is 0 Å². The van der Waals surface area contributed by atoms with Crippen molar-refractivity contribution in [2.75, 3.05) is 0 Å². The molecule has 2 saturated heterocycles. The van der Waals surface area contributed by atoms with E-state index in [0.717, 1.165) is 18.4 Å². The molecule has 5 nitrogen and oxygen atoms in total. The van der Waals surface area contributed by atoms with Gasteiger partial charge in [0.05, 0.1) is 22.1 Å². The molecule has 2 aromatic rings. The number of hydrogen-bond acceptors (Lipinski definition) is 5. The Morgan fingerprint density at radius 2 is 1.92 bits per heavy atom. The average molecular weight is 368 g/mol. The largest absolute Gasteiger partial charge is 0.363 e. The number of piperidine rings is 1. The third-order valence-electron chi connectivity index (χ3n) is 5.39. The molecule has 3 heterocycles. The van der Waals surface area contributed by atoms with Gasteiger partial charge in [-0.2, -0.15) is 5.26 Å². The van der Waals surface area contributed by atoms with Crippen molar-refractivity contribution < 1.29 is 9.63 Å². The summed E-state index contributed by atoms with van der Waals surface area (Å²) in [7, 11) is 0. The molecule has 2 bridgehead atoms. The molecule has 132 valence electrons. The van der Waals surface area contributed by atoms with E-state index in [0.29, 0.717) is 23.4 Å². The van der Waals surface area contributed by atoms with Crippen molar-refractivity contribution in [2.45, 2.75) is 43.2 Å². The van der Waals surface area contributed by atoms with E-state index in [-0.39, 0.29) is 18.1 Å². The molecule has 26 heavy (non-hydrogen) atoms. The second-order valence-corrected chi connectivity index (χ2v) is 7.42. The molecule has 2 unspecified atom stereocenters. The van der Waals surface area contributed by atoms with Gasteiger partial charge >= 0.3 is 5.97 Å². The van der Waals surface area contributed by atoms with Crippen molar-refractivity contribution in [2.24, 2.45) is 0 Å². The summed E-state index contributed by atoms with van der Waals surface area (Å²) in [4.78, 5) is 22.3. The van der Waals surface area contributed by atoms with Gasteiger partial charge in [-0.25, -0.2) is 4.79 Å². The lowest BCUT2D eigenvalue weighted by Gasteiger charge is -2.41. The van der Waals surface area contributed by atoms with Crippen molar-refractivity contribution in [3.8, 4) is 6.07 Å². The number of hydrogen-bond donors (Lipinski definition) is 0. The van der Waals surface area contributed by atoms with Crippen LogP contribution in [0.1, 0.15) is 41.6 Å². The molecule has 2 aliphatic heterocycles. The van der Waals surface area contributed by atoms with Crippen LogP contribution in [0.15, 0.2) is 48.8 Å². The molecule has 0 spiro atoms. The lowest BCUT2D eigenvalue weighted by Crippen LogP contribution is -2.49. The molecule has 1 aromatic heterocycles. The van der Waals surface area contributed by atoms with Gasteiger partial charge in [-0.1, -0.05) is 29.8 Å². The molecule has 0 amide bonds. The highest BCUT2D eigenvalue weighted by Crippen LogP contribution is 2.47. The van der Waals surface area contributed by atoms with E-state index in [1.165, 1.54) is 0 Å². The maximum absolute atomic E-state index is 12.4. The zero-order valence-electron chi connectivity index (χ0n) is 14.1. The minimum Gasteiger partial charge on any atom is -0.363 e. The summed E-state index contributed by atoms with van der Waals surface area (Å²) in [5.41, 5.74) is 0.737. The summed E-state index contributed by atoms with van der Waals surface area (Å²) < 4.78 is 0. The normalized spacial score (nSPS) is 27.7. The quantitative estimate of drug-likeness (QED) is 0.823. The number of rotatable bonds is 3. The highest BCUT2D eigenvalue weighted by atomic mass is 35.5. The van der Waals surface area contributed by atoms with E-state index < -0.39 is 5.41 Å². The van der Waals surface area contributed by atoms with Gasteiger partial charge in [0.15, 0.2) is 0 Å². The zero-order valence-corrected chi connectivity index (χ0v) is 14.9. The second kappa shape index (κ2) is 6.71. The van der Waals surface area contributed by atoms with Crippen LogP contribution in [0.3, 0.4) is 0 Å². The van der Waals surface area contributed by atoms with Gasteiger partial charge in [-0.3, -0.25) is 4.98 Å². The van der Waals surface area contributed by atoms with Crippen LogP contribution in [0.2, 0.25) is 5.02 Å². The van der Waals surface area contributed by atoms with Crippen LogP contribution < -0.4 is 0 Å². The monoisotopic (exact) mass is 367 g/mol. The van der Waals surface area contributed by atoms with E-state index in [1.807, 2.05) is 29.3 Å². The molecule has 2 fully saturated rings. The number of pyridine rings is 1. The fraction of sp³-hybridized carbons (Fsp3) is 0.350. The first kappa shape index (κ1) is 17.0. The predicted octanol–water partition coefficient (Wildman–Crippen LogP) is 3.90. The van der Waals surface area contributed by atoms with Crippen LogP contribution in [0.4, 0.5) is 0 Å². The molecule has 2 aliphatic rings. The van der Waals surface area contributed by atoms with Gasteiger partial charge in [0.25, 0.3) is 0 Å². The molecule has 0 N–H and O–H groups in total. The lowest BCUT2D eigenvalue weighted by atomic mass is 9.72. The first-order chi connectivity index (χ1) is 12.6. The first-order valence-corrected chi connectivity index (χ1v) is 9.07. The van der Waals surface area contributed by atoms with Gasteiger partial charge in [0.2, 0.25) is 0 Å². The summed E-state index contributed by atoms with van der Waals surface area (Å²) in [6.45, 7) is 0. The van der Waals surface area contributed by atoms with Crippen molar-refractivity contribution in [3.63, 3.8) is 0 Å². The molecule has 4 rings (SSSR count). The Balaban J connectivity index is 1.56. The third-order valence-corrected chi connectivity index (χ3v) is 5.60. The standard InChI is InChI=1S/C20H18ClN3O2/c21-16-8-15(11-23-12-16)20(13-22)9-17-6-7-18(10-20)24(17)26-19(25)14-4-2-1-3-5-14/h1-5,8,11-12,17-18H,6-7,9-10H2. The molecule has 0 radical (unpaired) electrons. The average Bonchev–Trinajstić information content (AvgIpc) is 2.91. The van der Waals surface area contributed by atoms with Gasteiger partial charge in [0, 0.05) is 24.5 Å². The van der Waals surface area contributed by atoms with Crippen molar-refractivity contribution >= 4 is 17.6 Å². The smallest absolute Gasteiger partial charge is 0.357 e. The number of aromatic nitrogens is 1. The van der Waals surface area contributed by atoms with Crippen LogP contribution >= 0.6 is 11.6 Å². The molecule has 6 heteroatoms. The zero-order chi connectivity index (χ0) is 18.1. The predicted molar refractivity (Wildman–Crippen MR) is 96.3 cm³/mol. The van der Waals surface area contributed by atoms with E-state index in [2.05, 4.69) is 11.1 Å². The van der Waals surface area contributed by atoms with Crippen LogP contribution in [0, 0.1) is 11.3 Å². The maximum atomic E-state index is 12.4. The highest BCUT2D eigenvalue weighted by molar-refractivity contribution is 6.30. The van der Waals surface area contributed by atoms with Crippen LogP contribution in [-0.4, -0.2) is 28.1 Å². The minimum atomic E-state index is -0.639. The fourth-order valence-corrected chi connectivity index (χ4v) is 4.32. The topological polar surface area (TPSA) is 66.2 Å². The molecular weight excluding hydrogens is 350 g/mol. The van der Waals surface area contributed by atoms with E-state index >= 15 is 0 Å². The number of nitriles is 1. The molecule has 0 saturated carbocycles. The van der Waals surface area contributed by atoms with Gasteiger partial charge in [0.1, 0.15) is 0 Å². The summed E-state index contributed by atoms with van der Waals surface area (Å²) in [6, 6.07) is 13.4. The number of benzene rings is 1. The number of fused-ring (bicyclic) bond motifs is 2. The van der Waals surface area contributed by atoms with E-state index in [4.69, 9.17) is 16.4 Å². The van der Waals surface area contributed by atoms with Crippen molar-refractivity contribution in [1.29, 1.82) is 5.26 Å². The Bertz CT molecular complexity index is 851.